The molecule has 29 heavy (non-hydrogen) atoms. The molecule has 3 heterocycles. The van der Waals surface area contributed by atoms with Gasteiger partial charge in [0.1, 0.15) is 25.0 Å². The summed E-state index contributed by atoms with van der Waals surface area (Å²) >= 11 is 0. The number of nitrogens with zero attached hydrogens (tertiary/aromatic N) is 7. The molecule has 0 N–H and O–H groups in total. The van der Waals surface area contributed by atoms with Crippen LogP contribution in [0.3, 0.4) is 0 Å². The zero-order valence-electron chi connectivity index (χ0n) is 16.0. The molecule has 0 unspecified atom stereocenters. The second-order valence-electron chi connectivity index (χ2n) is 6.48. The zero-order valence-corrected chi connectivity index (χ0v) is 16.0. The number of rotatable bonds is 7. The van der Waals surface area contributed by atoms with Crippen molar-refractivity contribution >= 4 is 5.91 Å². The minimum atomic E-state index is -0.235. The van der Waals surface area contributed by atoms with Crippen LogP contribution in [-0.4, -0.2) is 47.6 Å². The van der Waals surface area contributed by atoms with E-state index in [0.717, 1.165) is 11.3 Å². The first-order valence-corrected chi connectivity index (χ1v) is 8.85. The largest absolute Gasteiger partial charge is 0.486 e. The fraction of sp³-hybridized carbons (Fsp3) is 0.211. The smallest absolute Gasteiger partial charge is 0.276 e. The zero-order chi connectivity index (χ0) is 20.2. The van der Waals surface area contributed by atoms with Crippen LogP contribution in [0.2, 0.25) is 0 Å². The van der Waals surface area contributed by atoms with Crippen molar-refractivity contribution in [3.63, 3.8) is 0 Å². The second kappa shape index (κ2) is 7.97. The molecule has 0 bridgehead atoms. The number of carbonyl (C=O) groups excluding carboxylic acids is 1. The fourth-order valence-electron chi connectivity index (χ4n) is 2.77. The molecule has 0 aliphatic rings. The number of ether oxygens (including phenoxy) is 1. The maximum atomic E-state index is 12.5. The highest BCUT2D eigenvalue weighted by Crippen LogP contribution is 2.17. The van der Waals surface area contributed by atoms with Gasteiger partial charge in [-0.05, 0) is 24.3 Å². The normalized spacial score (nSPS) is 10.8. The number of aromatic nitrogens is 6. The summed E-state index contributed by atoms with van der Waals surface area (Å²) < 4.78 is 14.3. The Morgan fingerprint density at radius 3 is 2.76 bits per heavy atom. The predicted octanol–water partition coefficient (Wildman–Crippen LogP) is 1.84. The van der Waals surface area contributed by atoms with Gasteiger partial charge >= 0.3 is 0 Å². The Morgan fingerprint density at radius 1 is 1.24 bits per heavy atom. The Kier molecular flexibility index (Phi) is 5.06. The number of hydrogen-bond donors (Lipinski definition) is 0. The molecule has 0 aliphatic heterocycles. The molecule has 4 aromatic rings. The van der Waals surface area contributed by atoms with E-state index in [1.54, 1.807) is 39.9 Å². The molecule has 10 nitrogen and oxygen atoms in total. The molecule has 0 aliphatic carbocycles. The van der Waals surface area contributed by atoms with Gasteiger partial charge in [0.2, 0.25) is 0 Å². The minimum absolute atomic E-state index is 0.162. The monoisotopic (exact) mass is 393 g/mol. The molecular formula is C19H19N7O3. The molecule has 148 valence electrons. The van der Waals surface area contributed by atoms with Gasteiger partial charge in [-0.2, -0.15) is 10.2 Å². The van der Waals surface area contributed by atoms with E-state index in [2.05, 4.69) is 20.3 Å². The lowest BCUT2D eigenvalue weighted by molar-refractivity contribution is 0.0774. The first kappa shape index (κ1) is 18.4. The van der Waals surface area contributed by atoms with E-state index in [4.69, 9.17) is 9.26 Å². The maximum Gasteiger partial charge on any atom is 0.276 e. The molecule has 1 amide bonds. The van der Waals surface area contributed by atoms with Gasteiger partial charge in [0, 0.05) is 38.5 Å². The lowest BCUT2D eigenvalue weighted by atomic mass is 10.3. The van der Waals surface area contributed by atoms with Crippen LogP contribution < -0.4 is 4.74 Å². The van der Waals surface area contributed by atoms with Crippen LogP contribution in [0, 0.1) is 0 Å². The Bertz CT molecular complexity index is 1080. The van der Waals surface area contributed by atoms with E-state index < -0.39 is 0 Å². The standard InChI is InChI=1S/C19H19N7O3/c1-24(9-14-8-21-25(2)10-14)19(27)18-7-17(29-23-18)11-28-16-5-3-15(4-6-16)26-13-20-12-22-26/h3-8,10,12-13H,9,11H2,1-2H3. The summed E-state index contributed by atoms with van der Waals surface area (Å²) in [5, 5.41) is 12.0. The predicted molar refractivity (Wildman–Crippen MR) is 101 cm³/mol. The summed E-state index contributed by atoms with van der Waals surface area (Å²) in [5.41, 5.74) is 2.04. The van der Waals surface area contributed by atoms with E-state index in [0.29, 0.717) is 18.1 Å². The Morgan fingerprint density at radius 2 is 2.07 bits per heavy atom. The van der Waals surface area contributed by atoms with Gasteiger partial charge in [0.05, 0.1) is 11.9 Å². The Labute approximate surface area is 166 Å². The van der Waals surface area contributed by atoms with Gasteiger partial charge < -0.3 is 14.2 Å². The van der Waals surface area contributed by atoms with Crippen molar-refractivity contribution in [1.82, 2.24) is 34.6 Å². The van der Waals surface area contributed by atoms with Crippen LogP contribution in [0.1, 0.15) is 21.8 Å². The summed E-state index contributed by atoms with van der Waals surface area (Å²) in [7, 11) is 3.54. The minimum Gasteiger partial charge on any atom is -0.486 e. The average molecular weight is 393 g/mol. The highest BCUT2D eigenvalue weighted by atomic mass is 16.5. The van der Waals surface area contributed by atoms with Crippen LogP contribution in [0.4, 0.5) is 0 Å². The third-order valence-corrected chi connectivity index (χ3v) is 4.20. The van der Waals surface area contributed by atoms with Gasteiger partial charge in [-0.3, -0.25) is 9.48 Å². The molecule has 0 saturated carbocycles. The van der Waals surface area contributed by atoms with Gasteiger partial charge in [0.15, 0.2) is 11.5 Å². The summed E-state index contributed by atoms with van der Waals surface area (Å²) in [6, 6.07) is 8.97. The lowest BCUT2D eigenvalue weighted by Crippen LogP contribution is -2.26. The van der Waals surface area contributed by atoms with Crippen LogP contribution in [-0.2, 0) is 20.2 Å². The summed E-state index contributed by atoms with van der Waals surface area (Å²) in [4.78, 5) is 18.0. The van der Waals surface area contributed by atoms with Gasteiger partial charge in [-0.15, -0.1) is 0 Å². The number of benzene rings is 1. The highest BCUT2D eigenvalue weighted by Gasteiger charge is 2.18. The first-order chi connectivity index (χ1) is 14.1. The molecule has 0 spiro atoms. The summed E-state index contributed by atoms with van der Waals surface area (Å²) in [5.74, 6) is 0.886. The molecular weight excluding hydrogens is 374 g/mol. The third kappa shape index (κ3) is 4.32. The van der Waals surface area contributed by atoms with Gasteiger partial charge in [-0.1, -0.05) is 5.16 Å². The van der Waals surface area contributed by atoms with E-state index in [1.807, 2.05) is 37.5 Å². The van der Waals surface area contributed by atoms with E-state index in [9.17, 15) is 4.79 Å². The van der Waals surface area contributed by atoms with Crippen molar-refractivity contribution in [3.05, 3.63) is 72.4 Å². The molecule has 0 radical (unpaired) electrons. The van der Waals surface area contributed by atoms with Crippen molar-refractivity contribution < 1.29 is 14.1 Å². The molecule has 3 aromatic heterocycles. The maximum absolute atomic E-state index is 12.5. The second-order valence-corrected chi connectivity index (χ2v) is 6.48. The van der Waals surface area contributed by atoms with E-state index >= 15 is 0 Å². The SMILES string of the molecule is CN(Cc1cnn(C)c1)C(=O)c1cc(COc2ccc(-n3cncn3)cc2)on1. The van der Waals surface area contributed by atoms with Crippen molar-refractivity contribution in [2.75, 3.05) is 7.05 Å². The Hall–Kier alpha value is -3.95. The first-order valence-electron chi connectivity index (χ1n) is 8.85. The lowest BCUT2D eigenvalue weighted by Gasteiger charge is -2.13. The molecule has 0 fully saturated rings. The van der Waals surface area contributed by atoms with Crippen LogP contribution in [0.15, 0.2) is 59.9 Å². The number of hydrogen-bond acceptors (Lipinski definition) is 7. The molecule has 0 saturated heterocycles. The molecule has 0 atom stereocenters. The molecule has 1 aromatic carbocycles. The molecule has 10 heteroatoms. The van der Waals surface area contributed by atoms with Crippen molar-refractivity contribution in [2.24, 2.45) is 7.05 Å². The van der Waals surface area contributed by atoms with Crippen molar-refractivity contribution in [3.8, 4) is 11.4 Å². The molecule has 4 rings (SSSR count). The number of amides is 1. The van der Waals surface area contributed by atoms with Gasteiger partial charge in [0.25, 0.3) is 5.91 Å². The summed E-state index contributed by atoms with van der Waals surface area (Å²) in [6.07, 6.45) is 6.68. The number of carbonyl (C=O) groups is 1. The highest BCUT2D eigenvalue weighted by molar-refractivity contribution is 5.92. The average Bonchev–Trinajstić information content (AvgIpc) is 3.48. The summed E-state index contributed by atoms with van der Waals surface area (Å²) in [6.45, 7) is 0.596. The van der Waals surface area contributed by atoms with Gasteiger partial charge in [-0.25, -0.2) is 9.67 Å². The van der Waals surface area contributed by atoms with Crippen molar-refractivity contribution in [2.45, 2.75) is 13.2 Å². The Balaban J connectivity index is 1.33. The van der Waals surface area contributed by atoms with Crippen molar-refractivity contribution in [1.29, 1.82) is 0 Å². The van der Waals surface area contributed by atoms with E-state index in [1.165, 1.54) is 6.33 Å². The van der Waals surface area contributed by atoms with Crippen LogP contribution in [0.25, 0.3) is 5.69 Å². The topological polar surface area (TPSA) is 104 Å². The fourth-order valence-corrected chi connectivity index (χ4v) is 2.77. The third-order valence-electron chi connectivity index (χ3n) is 4.20. The van der Waals surface area contributed by atoms with Crippen LogP contribution in [0.5, 0.6) is 5.75 Å². The van der Waals surface area contributed by atoms with E-state index in [-0.39, 0.29) is 18.2 Å². The number of aryl methyl sites for hydroxylation is 1. The van der Waals surface area contributed by atoms with Crippen LogP contribution >= 0.6 is 0 Å². The quantitative estimate of drug-likeness (QED) is 0.472.